The van der Waals surface area contributed by atoms with Crippen LogP contribution in [0.4, 0.5) is 17.6 Å². The van der Waals surface area contributed by atoms with E-state index in [1.807, 2.05) is 0 Å². The predicted molar refractivity (Wildman–Crippen MR) is 87.4 cm³/mol. The van der Waals surface area contributed by atoms with Crippen LogP contribution in [0.3, 0.4) is 0 Å². The highest BCUT2D eigenvalue weighted by Gasteiger charge is 2.33. The summed E-state index contributed by atoms with van der Waals surface area (Å²) in [5.41, 5.74) is 0.249. The largest absolute Gasteiger partial charge is 0.336 e. The van der Waals surface area contributed by atoms with E-state index in [1.165, 1.54) is 17.0 Å². The number of hydrogen-bond acceptors (Lipinski definition) is 3. The van der Waals surface area contributed by atoms with Gasteiger partial charge in [-0.3, -0.25) is 4.79 Å². The van der Waals surface area contributed by atoms with Gasteiger partial charge in [-0.2, -0.15) is 4.31 Å². The SMILES string of the molecule is O=C(c1ccc(F)cc1)N1CCN(S(=O)(=O)c2ccc(F)c(F)c2F)CC1. The molecule has 0 unspecified atom stereocenters. The number of sulfonamides is 1. The molecule has 2 aromatic carbocycles. The molecule has 0 aromatic heterocycles. The fourth-order valence-corrected chi connectivity index (χ4v) is 4.23. The standard InChI is InChI=1S/C17H14F4N2O3S/c18-12-3-1-11(2-4-12)17(24)22-7-9-23(10-8-22)27(25,26)14-6-5-13(19)15(20)16(14)21/h1-6H,7-10H2. The van der Waals surface area contributed by atoms with E-state index in [9.17, 15) is 30.8 Å². The van der Waals surface area contributed by atoms with E-state index in [1.54, 1.807) is 0 Å². The van der Waals surface area contributed by atoms with Crippen LogP contribution in [0.2, 0.25) is 0 Å². The molecule has 0 atom stereocenters. The molecule has 1 aliphatic heterocycles. The molecule has 3 rings (SSSR count). The minimum atomic E-state index is -4.39. The Bertz CT molecular complexity index is 972. The van der Waals surface area contributed by atoms with E-state index in [2.05, 4.69) is 0 Å². The molecule has 1 amide bonds. The summed E-state index contributed by atoms with van der Waals surface area (Å²) >= 11 is 0. The van der Waals surface area contributed by atoms with Gasteiger partial charge in [0.05, 0.1) is 0 Å². The second-order valence-electron chi connectivity index (χ2n) is 5.88. The summed E-state index contributed by atoms with van der Waals surface area (Å²) < 4.78 is 79.1. The monoisotopic (exact) mass is 402 g/mol. The molecule has 0 aliphatic carbocycles. The molecule has 144 valence electrons. The minimum Gasteiger partial charge on any atom is -0.336 e. The smallest absolute Gasteiger partial charge is 0.253 e. The summed E-state index contributed by atoms with van der Waals surface area (Å²) in [4.78, 5) is 12.8. The maximum Gasteiger partial charge on any atom is 0.253 e. The molecule has 1 aliphatic rings. The first-order valence-electron chi connectivity index (χ1n) is 7.90. The maximum atomic E-state index is 13.9. The molecule has 0 spiro atoms. The molecule has 2 aromatic rings. The van der Waals surface area contributed by atoms with E-state index in [-0.39, 0.29) is 31.7 Å². The third kappa shape index (κ3) is 3.67. The summed E-state index contributed by atoms with van der Waals surface area (Å²) in [6.45, 7) is -0.261. The summed E-state index contributed by atoms with van der Waals surface area (Å²) in [7, 11) is -4.39. The zero-order valence-electron chi connectivity index (χ0n) is 13.8. The highest BCUT2D eigenvalue weighted by molar-refractivity contribution is 7.89. The average molecular weight is 402 g/mol. The van der Waals surface area contributed by atoms with Crippen LogP contribution in [0.1, 0.15) is 10.4 Å². The number of rotatable bonds is 3. The van der Waals surface area contributed by atoms with Gasteiger partial charge in [-0.15, -0.1) is 0 Å². The highest BCUT2D eigenvalue weighted by Crippen LogP contribution is 2.24. The summed E-state index contributed by atoms with van der Waals surface area (Å²) in [5.74, 6) is -6.01. The van der Waals surface area contributed by atoms with Crippen molar-refractivity contribution in [2.24, 2.45) is 0 Å². The molecule has 1 saturated heterocycles. The first-order valence-corrected chi connectivity index (χ1v) is 9.34. The van der Waals surface area contributed by atoms with Crippen LogP contribution in [-0.4, -0.2) is 49.7 Å². The second kappa shape index (κ2) is 7.28. The van der Waals surface area contributed by atoms with Gasteiger partial charge >= 0.3 is 0 Å². The molecule has 27 heavy (non-hydrogen) atoms. The Morgan fingerprint density at radius 1 is 0.815 bits per heavy atom. The number of piperazine rings is 1. The molecule has 1 fully saturated rings. The van der Waals surface area contributed by atoms with Gasteiger partial charge in [-0.05, 0) is 36.4 Å². The van der Waals surface area contributed by atoms with Gasteiger partial charge in [0.1, 0.15) is 10.7 Å². The fraction of sp³-hybridized carbons (Fsp3) is 0.235. The second-order valence-corrected chi connectivity index (χ2v) is 7.78. The van der Waals surface area contributed by atoms with Crippen LogP contribution in [0, 0.1) is 23.3 Å². The van der Waals surface area contributed by atoms with E-state index in [4.69, 9.17) is 0 Å². The fourth-order valence-electron chi connectivity index (χ4n) is 2.75. The summed E-state index contributed by atoms with van der Waals surface area (Å²) in [5, 5.41) is 0. The van der Waals surface area contributed by atoms with Crippen molar-refractivity contribution in [3.63, 3.8) is 0 Å². The number of benzene rings is 2. The van der Waals surface area contributed by atoms with Crippen LogP contribution >= 0.6 is 0 Å². The Morgan fingerprint density at radius 3 is 2.00 bits per heavy atom. The quantitative estimate of drug-likeness (QED) is 0.585. The van der Waals surface area contributed by atoms with Gasteiger partial charge in [0, 0.05) is 31.7 Å². The maximum absolute atomic E-state index is 13.9. The lowest BCUT2D eigenvalue weighted by Gasteiger charge is -2.34. The van der Waals surface area contributed by atoms with Crippen LogP contribution < -0.4 is 0 Å². The number of halogens is 4. The van der Waals surface area contributed by atoms with Crippen molar-refractivity contribution in [3.8, 4) is 0 Å². The molecule has 5 nitrogen and oxygen atoms in total. The normalized spacial score (nSPS) is 15.8. The number of carbonyl (C=O) groups excluding carboxylic acids is 1. The van der Waals surface area contributed by atoms with Crippen molar-refractivity contribution in [2.75, 3.05) is 26.2 Å². The minimum absolute atomic E-state index is 0.0146. The van der Waals surface area contributed by atoms with E-state index >= 15 is 0 Å². The Labute approximate surface area is 152 Å². The zero-order chi connectivity index (χ0) is 19.8. The molecular weight excluding hydrogens is 388 g/mol. The molecule has 1 heterocycles. The van der Waals surface area contributed by atoms with Crippen molar-refractivity contribution < 1.29 is 30.8 Å². The number of hydrogen-bond donors (Lipinski definition) is 0. The van der Waals surface area contributed by atoms with Crippen molar-refractivity contribution in [3.05, 3.63) is 65.2 Å². The number of amides is 1. The van der Waals surface area contributed by atoms with Crippen molar-refractivity contribution >= 4 is 15.9 Å². The lowest BCUT2D eigenvalue weighted by molar-refractivity contribution is 0.0697. The number of nitrogens with zero attached hydrogens (tertiary/aromatic N) is 2. The molecule has 0 bridgehead atoms. The van der Waals surface area contributed by atoms with E-state index in [0.717, 1.165) is 16.4 Å². The summed E-state index contributed by atoms with van der Waals surface area (Å²) in [6.07, 6.45) is 0. The zero-order valence-corrected chi connectivity index (χ0v) is 14.6. The Kier molecular flexibility index (Phi) is 5.20. The lowest BCUT2D eigenvalue weighted by atomic mass is 10.2. The van der Waals surface area contributed by atoms with Crippen LogP contribution in [0.25, 0.3) is 0 Å². The Hall–Kier alpha value is -2.46. The van der Waals surface area contributed by atoms with Crippen LogP contribution in [-0.2, 0) is 10.0 Å². The molecule has 10 heteroatoms. The average Bonchev–Trinajstić information content (AvgIpc) is 2.66. The van der Waals surface area contributed by atoms with E-state index < -0.39 is 44.1 Å². The molecular formula is C17H14F4N2O3S. The number of carbonyl (C=O) groups is 1. The first kappa shape index (κ1) is 19.3. The van der Waals surface area contributed by atoms with Crippen molar-refractivity contribution in [1.29, 1.82) is 0 Å². The van der Waals surface area contributed by atoms with Crippen molar-refractivity contribution in [2.45, 2.75) is 4.90 Å². The Morgan fingerprint density at radius 2 is 1.41 bits per heavy atom. The van der Waals surface area contributed by atoms with Gasteiger partial charge in [-0.25, -0.2) is 26.0 Å². The lowest BCUT2D eigenvalue weighted by Crippen LogP contribution is -2.50. The Balaban J connectivity index is 1.74. The molecule has 0 radical (unpaired) electrons. The summed E-state index contributed by atoms with van der Waals surface area (Å²) in [6, 6.07) is 6.12. The third-order valence-corrected chi connectivity index (χ3v) is 6.15. The van der Waals surface area contributed by atoms with Crippen LogP contribution in [0.15, 0.2) is 41.3 Å². The van der Waals surface area contributed by atoms with Crippen molar-refractivity contribution in [1.82, 2.24) is 9.21 Å². The third-order valence-electron chi connectivity index (χ3n) is 4.23. The van der Waals surface area contributed by atoms with Crippen LogP contribution in [0.5, 0.6) is 0 Å². The van der Waals surface area contributed by atoms with Gasteiger partial charge in [0.2, 0.25) is 10.0 Å². The highest BCUT2D eigenvalue weighted by atomic mass is 32.2. The van der Waals surface area contributed by atoms with Gasteiger partial charge in [-0.1, -0.05) is 0 Å². The topological polar surface area (TPSA) is 57.7 Å². The molecule has 0 saturated carbocycles. The van der Waals surface area contributed by atoms with Gasteiger partial charge < -0.3 is 4.90 Å². The first-order chi connectivity index (χ1) is 12.7. The molecule has 0 N–H and O–H groups in total. The van der Waals surface area contributed by atoms with Gasteiger partial charge in [0.15, 0.2) is 17.5 Å². The predicted octanol–water partition coefficient (Wildman–Crippen LogP) is 2.39. The van der Waals surface area contributed by atoms with E-state index in [0.29, 0.717) is 12.1 Å². The van der Waals surface area contributed by atoms with Gasteiger partial charge in [0.25, 0.3) is 5.91 Å².